The van der Waals surface area contributed by atoms with E-state index in [1.807, 2.05) is 35.2 Å². The van der Waals surface area contributed by atoms with E-state index in [0.29, 0.717) is 26.1 Å². The quantitative estimate of drug-likeness (QED) is 0.925. The molecular formula is C20H22N2O3. The maximum absolute atomic E-state index is 12.7. The number of fused-ring (bicyclic) bond motifs is 2. The number of ether oxygens (including phenoxy) is 1. The van der Waals surface area contributed by atoms with Crippen LogP contribution in [0.4, 0.5) is 0 Å². The number of aliphatic hydroxyl groups is 1. The van der Waals surface area contributed by atoms with Crippen LogP contribution in [0.5, 0.6) is 5.75 Å². The molecule has 1 amide bonds. The molecule has 1 saturated heterocycles. The van der Waals surface area contributed by atoms with Gasteiger partial charge in [0, 0.05) is 36.8 Å². The Morgan fingerprint density at radius 2 is 2.20 bits per heavy atom. The number of carbonyl (C=O) groups is 1. The third-order valence-electron chi connectivity index (χ3n) is 5.51. The lowest BCUT2D eigenvalue weighted by Gasteiger charge is -2.30. The number of rotatable bonds is 3. The molecule has 3 heterocycles. The number of nitrogens with zero attached hydrogens (tertiary/aromatic N) is 2. The first-order valence-corrected chi connectivity index (χ1v) is 8.68. The van der Waals surface area contributed by atoms with Crippen molar-refractivity contribution in [3.63, 3.8) is 0 Å². The van der Waals surface area contributed by atoms with E-state index in [9.17, 15) is 9.90 Å². The second kappa shape index (κ2) is 6.48. The zero-order chi connectivity index (χ0) is 17.3. The molecule has 5 nitrogen and oxygen atoms in total. The minimum Gasteiger partial charge on any atom is -0.493 e. The number of aromatic nitrogens is 1. The Labute approximate surface area is 147 Å². The van der Waals surface area contributed by atoms with Gasteiger partial charge in [-0.3, -0.25) is 9.78 Å². The first kappa shape index (κ1) is 16.1. The molecule has 130 valence electrons. The van der Waals surface area contributed by atoms with Gasteiger partial charge in [-0.2, -0.15) is 0 Å². The molecule has 1 fully saturated rings. The van der Waals surface area contributed by atoms with Crippen LogP contribution >= 0.6 is 0 Å². The van der Waals surface area contributed by atoms with Gasteiger partial charge in [0.05, 0.1) is 19.6 Å². The summed E-state index contributed by atoms with van der Waals surface area (Å²) in [5.74, 6) is 1.13. The van der Waals surface area contributed by atoms with Crippen LogP contribution in [-0.2, 0) is 17.6 Å². The van der Waals surface area contributed by atoms with Crippen LogP contribution in [0.2, 0.25) is 0 Å². The monoisotopic (exact) mass is 338 g/mol. The first-order chi connectivity index (χ1) is 12.2. The predicted molar refractivity (Wildman–Crippen MR) is 93.2 cm³/mol. The van der Waals surface area contributed by atoms with E-state index in [4.69, 9.17) is 4.74 Å². The second-order valence-electron chi connectivity index (χ2n) is 7.13. The van der Waals surface area contributed by atoms with Gasteiger partial charge in [0.15, 0.2) is 0 Å². The maximum atomic E-state index is 12.7. The average Bonchev–Trinajstić information content (AvgIpc) is 2.93. The summed E-state index contributed by atoms with van der Waals surface area (Å²) in [5.41, 5.74) is 1.71. The minimum absolute atomic E-state index is 0.0615. The van der Waals surface area contributed by atoms with Crippen molar-refractivity contribution < 1.29 is 14.6 Å². The lowest BCUT2D eigenvalue weighted by Crippen LogP contribution is -2.38. The normalized spacial score (nSPS) is 24.8. The van der Waals surface area contributed by atoms with Crippen molar-refractivity contribution in [3.8, 4) is 5.75 Å². The molecule has 1 aromatic carbocycles. The third-order valence-corrected chi connectivity index (χ3v) is 5.51. The number of hydrogen-bond donors (Lipinski definition) is 1. The summed E-state index contributed by atoms with van der Waals surface area (Å²) >= 11 is 0. The maximum Gasteiger partial charge on any atom is 0.227 e. The van der Waals surface area contributed by atoms with Crippen molar-refractivity contribution in [1.29, 1.82) is 0 Å². The zero-order valence-electron chi connectivity index (χ0n) is 14.1. The van der Waals surface area contributed by atoms with Crippen LogP contribution in [0.1, 0.15) is 11.1 Å². The summed E-state index contributed by atoms with van der Waals surface area (Å²) in [7, 11) is 0. The van der Waals surface area contributed by atoms with Crippen LogP contribution in [0.3, 0.4) is 0 Å². The Kier molecular flexibility index (Phi) is 4.17. The molecule has 2 atom stereocenters. The SMILES string of the molecule is O=C(Cc1cccnc1)N1CC2COc3ccccc3CC2(CO)C1. The van der Waals surface area contributed by atoms with Gasteiger partial charge in [0.2, 0.25) is 5.91 Å². The van der Waals surface area contributed by atoms with Gasteiger partial charge in [-0.05, 0) is 29.7 Å². The van der Waals surface area contributed by atoms with Crippen molar-refractivity contribution in [2.24, 2.45) is 11.3 Å². The lowest BCUT2D eigenvalue weighted by molar-refractivity contribution is -0.130. The van der Waals surface area contributed by atoms with E-state index in [2.05, 4.69) is 11.1 Å². The van der Waals surface area contributed by atoms with E-state index >= 15 is 0 Å². The zero-order valence-corrected chi connectivity index (χ0v) is 14.1. The largest absolute Gasteiger partial charge is 0.493 e. The molecule has 2 unspecified atom stereocenters. The molecule has 2 aromatic rings. The summed E-state index contributed by atoms with van der Waals surface area (Å²) in [5, 5.41) is 10.2. The van der Waals surface area contributed by atoms with Crippen LogP contribution in [0.15, 0.2) is 48.8 Å². The van der Waals surface area contributed by atoms with E-state index in [1.165, 1.54) is 0 Å². The van der Waals surface area contributed by atoms with Crippen molar-refractivity contribution in [3.05, 3.63) is 59.9 Å². The fraction of sp³-hybridized carbons (Fsp3) is 0.400. The van der Waals surface area contributed by atoms with Gasteiger partial charge in [0.25, 0.3) is 0 Å². The molecule has 0 bridgehead atoms. The summed E-state index contributed by atoms with van der Waals surface area (Å²) in [6.45, 7) is 1.80. The fourth-order valence-corrected chi connectivity index (χ4v) is 4.04. The van der Waals surface area contributed by atoms with Gasteiger partial charge >= 0.3 is 0 Å². The molecular weight excluding hydrogens is 316 g/mol. The first-order valence-electron chi connectivity index (χ1n) is 8.68. The Balaban J connectivity index is 1.54. The summed E-state index contributed by atoms with van der Waals surface area (Å²) < 4.78 is 5.98. The minimum atomic E-state index is -0.322. The van der Waals surface area contributed by atoms with Crippen molar-refractivity contribution in [2.75, 3.05) is 26.3 Å². The average molecular weight is 338 g/mol. The van der Waals surface area contributed by atoms with Gasteiger partial charge in [0.1, 0.15) is 5.75 Å². The Bertz CT molecular complexity index is 765. The smallest absolute Gasteiger partial charge is 0.227 e. The Morgan fingerprint density at radius 1 is 1.32 bits per heavy atom. The highest BCUT2D eigenvalue weighted by molar-refractivity contribution is 5.79. The number of likely N-dealkylation sites (tertiary alicyclic amines) is 1. The van der Waals surface area contributed by atoms with E-state index < -0.39 is 0 Å². The molecule has 0 radical (unpaired) electrons. The van der Waals surface area contributed by atoms with Gasteiger partial charge in [-0.25, -0.2) is 0 Å². The molecule has 5 heteroatoms. The highest BCUT2D eigenvalue weighted by Crippen LogP contribution is 2.43. The number of aliphatic hydroxyl groups excluding tert-OH is 1. The molecule has 0 spiro atoms. The van der Waals surface area contributed by atoms with Gasteiger partial charge in [-0.15, -0.1) is 0 Å². The fourth-order valence-electron chi connectivity index (χ4n) is 4.04. The molecule has 4 rings (SSSR count). The summed E-state index contributed by atoms with van der Waals surface area (Å²) in [4.78, 5) is 18.7. The van der Waals surface area contributed by atoms with Crippen LogP contribution < -0.4 is 4.74 Å². The van der Waals surface area contributed by atoms with Crippen molar-refractivity contribution in [1.82, 2.24) is 9.88 Å². The van der Waals surface area contributed by atoms with Crippen LogP contribution in [-0.4, -0.2) is 47.2 Å². The molecule has 0 aliphatic carbocycles. The van der Waals surface area contributed by atoms with Gasteiger partial charge in [-0.1, -0.05) is 24.3 Å². The molecule has 0 saturated carbocycles. The Morgan fingerprint density at radius 3 is 3.00 bits per heavy atom. The molecule has 1 aromatic heterocycles. The lowest BCUT2D eigenvalue weighted by atomic mass is 9.75. The topological polar surface area (TPSA) is 62.7 Å². The molecule has 25 heavy (non-hydrogen) atoms. The number of benzene rings is 1. The molecule has 1 N–H and O–H groups in total. The van der Waals surface area contributed by atoms with E-state index in [1.54, 1.807) is 12.4 Å². The summed E-state index contributed by atoms with van der Waals surface area (Å²) in [6.07, 6.45) is 4.52. The van der Waals surface area contributed by atoms with E-state index in [-0.39, 0.29) is 23.8 Å². The van der Waals surface area contributed by atoms with Crippen LogP contribution in [0.25, 0.3) is 0 Å². The van der Waals surface area contributed by atoms with E-state index in [0.717, 1.165) is 23.3 Å². The van der Waals surface area contributed by atoms with Gasteiger partial charge < -0.3 is 14.7 Å². The highest BCUT2D eigenvalue weighted by atomic mass is 16.5. The second-order valence-corrected chi connectivity index (χ2v) is 7.13. The third kappa shape index (κ3) is 3.00. The number of carbonyl (C=O) groups excluding carboxylic acids is 1. The highest BCUT2D eigenvalue weighted by Gasteiger charge is 2.49. The van der Waals surface area contributed by atoms with Crippen LogP contribution in [0, 0.1) is 11.3 Å². The number of para-hydroxylation sites is 1. The van der Waals surface area contributed by atoms with Crippen molar-refractivity contribution in [2.45, 2.75) is 12.8 Å². The Hall–Kier alpha value is -2.40. The standard InChI is InChI=1S/C20H22N2O3/c23-14-20-9-16-5-1-2-6-18(16)25-12-17(20)11-22(13-20)19(24)8-15-4-3-7-21-10-15/h1-7,10,17,23H,8-9,11-14H2. The number of hydrogen-bond acceptors (Lipinski definition) is 4. The summed E-state index contributed by atoms with van der Waals surface area (Å²) in [6, 6.07) is 11.8. The number of amides is 1. The predicted octanol–water partition coefficient (Wildman–Crippen LogP) is 1.70. The molecule has 2 aliphatic heterocycles. The van der Waals surface area contributed by atoms with Crippen molar-refractivity contribution >= 4 is 5.91 Å². The molecule has 2 aliphatic rings. The number of pyridine rings is 1.